The third-order valence-corrected chi connectivity index (χ3v) is 2.94. The van der Waals surface area contributed by atoms with Gasteiger partial charge >= 0.3 is 0 Å². The first-order valence-electron chi connectivity index (χ1n) is 5.33. The molecule has 0 aromatic carbocycles. The van der Waals surface area contributed by atoms with E-state index in [2.05, 4.69) is 5.32 Å². The van der Waals surface area contributed by atoms with E-state index in [9.17, 15) is 9.59 Å². The van der Waals surface area contributed by atoms with Gasteiger partial charge in [-0.05, 0) is 0 Å². The van der Waals surface area contributed by atoms with Gasteiger partial charge in [0.1, 0.15) is 5.78 Å². The summed E-state index contributed by atoms with van der Waals surface area (Å²) < 4.78 is 0. The maximum Gasteiger partial charge on any atom is 0.222 e. The zero-order valence-electron chi connectivity index (χ0n) is 10.0. The van der Waals surface area contributed by atoms with Crippen molar-refractivity contribution in [3.8, 4) is 0 Å². The number of thioether (sulfide) groups is 1. The van der Waals surface area contributed by atoms with E-state index in [4.69, 9.17) is 0 Å². The van der Waals surface area contributed by atoms with Gasteiger partial charge in [-0.1, -0.05) is 27.7 Å². The highest BCUT2D eigenvalue weighted by Crippen LogP contribution is 2.04. The van der Waals surface area contributed by atoms with Crippen molar-refractivity contribution in [1.82, 2.24) is 5.32 Å². The molecule has 4 heteroatoms. The van der Waals surface area contributed by atoms with Crippen molar-refractivity contribution < 1.29 is 9.59 Å². The number of hydrogen-bond donors (Lipinski definition) is 1. The number of rotatable bonds is 7. The number of hydrogen-bond acceptors (Lipinski definition) is 3. The van der Waals surface area contributed by atoms with Gasteiger partial charge in [0.25, 0.3) is 0 Å². The number of carbonyl (C=O) groups is 2. The topological polar surface area (TPSA) is 46.2 Å². The Bertz CT molecular complexity index is 193. The van der Waals surface area contributed by atoms with E-state index >= 15 is 0 Å². The predicted octanol–water partition coefficient (Wildman–Crippen LogP) is 1.72. The molecule has 0 aromatic rings. The lowest BCUT2D eigenvalue weighted by molar-refractivity contribution is -0.123. The van der Waals surface area contributed by atoms with Crippen molar-refractivity contribution in [3.63, 3.8) is 0 Å². The van der Waals surface area contributed by atoms with Gasteiger partial charge in [0.2, 0.25) is 5.91 Å². The van der Waals surface area contributed by atoms with Gasteiger partial charge in [0.15, 0.2) is 0 Å². The van der Waals surface area contributed by atoms with Gasteiger partial charge in [-0.25, -0.2) is 0 Å². The fraction of sp³-hybridized carbons (Fsp3) is 0.818. The molecule has 0 heterocycles. The van der Waals surface area contributed by atoms with Crippen molar-refractivity contribution in [2.75, 3.05) is 18.1 Å². The Kier molecular flexibility index (Phi) is 7.48. The van der Waals surface area contributed by atoms with E-state index < -0.39 is 0 Å². The monoisotopic (exact) mass is 231 g/mol. The quantitative estimate of drug-likeness (QED) is 0.679. The van der Waals surface area contributed by atoms with Crippen LogP contribution in [0, 0.1) is 11.8 Å². The molecule has 0 saturated carbocycles. The smallest absolute Gasteiger partial charge is 0.222 e. The summed E-state index contributed by atoms with van der Waals surface area (Å²) in [4.78, 5) is 22.4. The largest absolute Gasteiger partial charge is 0.355 e. The average Bonchev–Trinajstić information content (AvgIpc) is 2.16. The molecule has 1 N–H and O–H groups in total. The van der Waals surface area contributed by atoms with Gasteiger partial charge in [0, 0.05) is 24.1 Å². The Labute approximate surface area is 96.4 Å². The summed E-state index contributed by atoms with van der Waals surface area (Å²) in [7, 11) is 0. The minimum atomic E-state index is 0.0345. The summed E-state index contributed by atoms with van der Waals surface area (Å²) in [6, 6.07) is 0. The van der Waals surface area contributed by atoms with Crippen molar-refractivity contribution in [2.24, 2.45) is 11.8 Å². The lowest BCUT2D eigenvalue weighted by atomic mass is 10.1. The van der Waals surface area contributed by atoms with Crippen molar-refractivity contribution in [2.45, 2.75) is 27.7 Å². The molecule has 0 atom stereocenters. The molecule has 0 rings (SSSR count). The number of amides is 1. The third-order valence-electron chi connectivity index (χ3n) is 1.96. The summed E-state index contributed by atoms with van der Waals surface area (Å²) in [5, 5.41) is 2.81. The molecule has 0 bridgehead atoms. The molecule has 1 amide bonds. The fourth-order valence-electron chi connectivity index (χ4n) is 0.790. The second kappa shape index (κ2) is 7.74. The normalized spacial score (nSPS) is 10.8. The van der Waals surface area contributed by atoms with E-state index in [1.54, 1.807) is 11.8 Å². The Morgan fingerprint density at radius 3 is 2.20 bits per heavy atom. The fourth-order valence-corrected chi connectivity index (χ4v) is 1.72. The minimum absolute atomic E-state index is 0.0345. The number of carbonyl (C=O) groups excluding carboxylic acids is 2. The van der Waals surface area contributed by atoms with E-state index in [1.165, 1.54) is 0 Å². The van der Waals surface area contributed by atoms with Crippen LogP contribution in [0.1, 0.15) is 27.7 Å². The molecule has 0 aliphatic carbocycles. The van der Waals surface area contributed by atoms with Gasteiger partial charge in [-0.15, -0.1) is 0 Å². The first-order valence-corrected chi connectivity index (χ1v) is 6.48. The predicted molar refractivity (Wildman–Crippen MR) is 65.0 cm³/mol. The molecule has 15 heavy (non-hydrogen) atoms. The van der Waals surface area contributed by atoms with Crippen LogP contribution in [0.5, 0.6) is 0 Å². The highest BCUT2D eigenvalue weighted by atomic mass is 32.2. The number of Topliss-reactive ketones (excluding diaryl/α,β-unsaturated/α-hetero) is 1. The molecular formula is C11H21NO2S. The van der Waals surface area contributed by atoms with E-state index in [0.29, 0.717) is 12.3 Å². The zero-order chi connectivity index (χ0) is 11.8. The molecule has 3 nitrogen and oxygen atoms in total. The Morgan fingerprint density at radius 1 is 1.13 bits per heavy atom. The SMILES string of the molecule is CC(C)C(=O)CSCCNC(=O)C(C)C. The molecule has 0 spiro atoms. The van der Waals surface area contributed by atoms with Crippen molar-refractivity contribution in [1.29, 1.82) is 0 Å². The van der Waals surface area contributed by atoms with Crippen LogP contribution in [0.4, 0.5) is 0 Å². The highest BCUT2D eigenvalue weighted by Gasteiger charge is 2.07. The summed E-state index contributed by atoms with van der Waals surface area (Å²) in [5.74, 6) is 1.85. The molecular weight excluding hydrogens is 210 g/mol. The molecule has 0 unspecified atom stereocenters. The molecule has 88 valence electrons. The lowest BCUT2D eigenvalue weighted by Gasteiger charge is -2.07. The third kappa shape index (κ3) is 7.42. The summed E-state index contributed by atoms with van der Waals surface area (Å²) in [6.07, 6.45) is 0. The Balaban J connectivity index is 3.40. The second-order valence-corrected chi connectivity index (χ2v) is 5.22. The maximum absolute atomic E-state index is 11.2. The van der Waals surface area contributed by atoms with Crippen molar-refractivity contribution >= 4 is 23.5 Å². The van der Waals surface area contributed by atoms with Gasteiger partial charge in [-0.3, -0.25) is 9.59 Å². The maximum atomic E-state index is 11.2. The second-order valence-electron chi connectivity index (χ2n) is 4.12. The molecule has 0 aliphatic heterocycles. The van der Waals surface area contributed by atoms with E-state index in [1.807, 2.05) is 27.7 Å². The van der Waals surface area contributed by atoms with Crippen LogP contribution in [0.25, 0.3) is 0 Å². The number of ketones is 1. The molecule has 0 radical (unpaired) electrons. The summed E-state index contributed by atoms with van der Waals surface area (Å²) >= 11 is 1.58. The molecule has 0 saturated heterocycles. The lowest BCUT2D eigenvalue weighted by Crippen LogP contribution is -2.29. The summed E-state index contributed by atoms with van der Waals surface area (Å²) in [5.41, 5.74) is 0. The van der Waals surface area contributed by atoms with E-state index in [0.717, 1.165) is 5.75 Å². The standard InChI is InChI=1S/C11H21NO2S/c1-8(2)10(13)7-15-6-5-12-11(14)9(3)4/h8-9H,5-7H2,1-4H3,(H,12,14). The Morgan fingerprint density at radius 2 is 1.73 bits per heavy atom. The Hall–Kier alpha value is -0.510. The van der Waals surface area contributed by atoms with Crippen LogP contribution in [-0.2, 0) is 9.59 Å². The van der Waals surface area contributed by atoms with Gasteiger partial charge in [0.05, 0.1) is 5.75 Å². The van der Waals surface area contributed by atoms with Crippen LogP contribution in [-0.4, -0.2) is 29.7 Å². The van der Waals surface area contributed by atoms with Gasteiger partial charge in [-0.2, -0.15) is 11.8 Å². The van der Waals surface area contributed by atoms with Crippen molar-refractivity contribution in [3.05, 3.63) is 0 Å². The van der Waals surface area contributed by atoms with Crippen LogP contribution in [0.3, 0.4) is 0 Å². The average molecular weight is 231 g/mol. The van der Waals surface area contributed by atoms with E-state index in [-0.39, 0.29) is 23.5 Å². The van der Waals surface area contributed by atoms with Crippen LogP contribution < -0.4 is 5.32 Å². The van der Waals surface area contributed by atoms with Crippen LogP contribution >= 0.6 is 11.8 Å². The highest BCUT2D eigenvalue weighted by molar-refractivity contribution is 7.99. The molecule has 0 aromatic heterocycles. The first-order chi connectivity index (χ1) is 6.95. The molecule has 0 fully saturated rings. The minimum Gasteiger partial charge on any atom is -0.355 e. The summed E-state index contributed by atoms with van der Waals surface area (Å²) in [6.45, 7) is 8.19. The van der Waals surface area contributed by atoms with Crippen LogP contribution in [0.15, 0.2) is 0 Å². The van der Waals surface area contributed by atoms with Crippen LogP contribution in [0.2, 0.25) is 0 Å². The zero-order valence-corrected chi connectivity index (χ0v) is 10.8. The van der Waals surface area contributed by atoms with Gasteiger partial charge < -0.3 is 5.32 Å². The number of nitrogens with one attached hydrogen (secondary N) is 1. The molecule has 0 aliphatic rings. The first kappa shape index (κ1) is 14.5.